The van der Waals surface area contributed by atoms with Crippen molar-refractivity contribution in [3.05, 3.63) is 71.8 Å². The minimum atomic E-state index is -0.786. The molecule has 2 N–H and O–H groups in total. The van der Waals surface area contributed by atoms with Crippen molar-refractivity contribution in [3.8, 4) is 0 Å². The number of carbonyl (C=O) groups is 2. The lowest BCUT2D eigenvalue weighted by Gasteiger charge is -2.20. The van der Waals surface area contributed by atoms with Crippen LogP contribution in [-0.2, 0) is 14.3 Å². The number of hydrogen-bond donors (Lipinski definition) is 2. The third-order valence-electron chi connectivity index (χ3n) is 4.73. The minimum absolute atomic E-state index is 0.0668. The van der Waals surface area contributed by atoms with Crippen LogP contribution in [0.25, 0.3) is 0 Å². The number of rotatable bonds is 7. The second-order valence-corrected chi connectivity index (χ2v) is 6.63. The molecule has 1 fully saturated rings. The molecule has 26 heavy (non-hydrogen) atoms. The summed E-state index contributed by atoms with van der Waals surface area (Å²) in [6.07, 6.45) is 1.47. The van der Waals surface area contributed by atoms with Crippen molar-refractivity contribution in [2.45, 2.75) is 31.4 Å². The van der Waals surface area contributed by atoms with Gasteiger partial charge in [0, 0.05) is 6.04 Å². The minimum Gasteiger partial charge on any atom is -0.481 e. The molecule has 0 saturated heterocycles. The molecule has 2 atom stereocenters. The summed E-state index contributed by atoms with van der Waals surface area (Å²) in [5.41, 5.74) is 1.97. The van der Waals surface area contributed by atoms with E-state index in [0.29, 0.717) is 19.3 Å². The maximum Gasteiger partial charge on any atom is 0.306 e. The van der Waals surface area contributed by atoms with E-state index >= 15 is 0 Å². The zero-order valence-corrected chi connectivity index (χ0v) is 14.5. The van der Waals surface area contributed by atoms with Crippen molar-refractivity contribution in [3.63, 3.8) is 0 Å². The summed E-state index contributed by atoms with van der Waals surface area (Å²) >= 11 is 0. The number of nitrogens with one attached hydrogen (secondary N) is 1. The van der Waals surface area contributed by atoms with Crippen LogP contribution in [0.5, 0.6) is 0 Å². The first-order chi connectivity index (χ1) is 12.6. The van der Waals surface area contributed by atoms with Gasteiger partial charge in [-0.15, -0.1) is 0 Å². The number of ether oxygens (including phenoxy) is 1. The smallest absolute Gasteiger partial charge is 0.306 e. The highest BCUT2D eigenvalue weighted by atomic mass is 16.5. The van der Waals surface area contributed by atoms with E-state index in [-0.39, 0.29) is 30.6 Å². The topological polar surface area (TPSA) is 75.6 Å². The van der Waals surface area contributed by atoms with Gasteiger partial charge >= 0.3 is 5.97 Å². The zero-order valence-electron chi connectivity index (χ0n) is 14.5. The SMILES string of the molecule is O=C(COC(c1ccccc1)c1ccccc1)N[C@@H]1CC[C@H](C(=O)O)C1. The molecule has 1 amide bonds. The molecule has 1 aliphatic rings. The molecule has 3 rings (SSSR count). The Kier molecular flexibility index (Phi) is 6.02. The molecular weight excluding hydrogens is 330 g/mol. The predicted molar refractivity (Wildman–Crippen MR) is 97.6 cm³/mol. The van der Waals surface area contributed by atoms with Gasteiger partial charge in [0.15, 0.2) is 0 Å². The summed E-state index contributed by atoms with van der Waals surface area (Å²) in [6, 6.07) is 19.5. The number of carboxylic acids is 1. The van der Waals surface area contributed by atoms with Crippen molar-refractivity contribution < 1.29 is 19.4 Å². The third-order valence-corrected chi connectivity index (χ3v) is 4.73. The van der Waals surface area contributed by atoms with Crippen LogP contribution >= 0.6 is 0 Å². The fourth-order valence-corrected chi connectivity index (χ4v) is 3.41. The van der Waals surface area contributed by atoms with E-state index in [1.165, 1.54) is 0 Å². The molecule has 2 aromatic rings. The lowest BCUT2D eigenvalue weighted by molar-refractivity contribution is -0.141. The zero-order chi connectivity index (χ0) is 18.4. The maximum absolute atomic E-state index is 12.3. The maximum atomic E-state index is 12.3. The first-order valence-electron chi connectivity index (χ1n) is 8.87. The van der Waals surface area contributed by atoms with Crippen molar-refractivity contribution in [2.24, 2.45) is 5.92 Å². The lowest BCUT2D eigenvalue weighted by Crippen LogP contribution is -2.36. The molecule has 1 aliphatic carbocycles. The summed E-state index contributed by atoms with van der Waals surface area (Å²) in [6.45, 7) is -0.0668. The van der Waals surface area contributed by atoms with Crippen molar-refractivity contribution >= 4 is 11.9 Å². The van der Waals surface area contributed by atoms with Gasteiger partial charge in [-0.05, 0) is 30.4 Å². The number of carboxylic acid groups (broad SMARTS) is 1. The first-order valence-corrected chi connectivity index (χ1v) is 8.87. The first kappa shape index (κ1) is 18.1. The molecule has 0 spiro atoms. The average Bonchev–Trinajstić information content (AvgIpc) is 3.12. The van der Waals surface area contributed by atoms with Gasteiger partial charge in [-0.25, -0.2) is 0 Å². The van der Waals surface area contributed by atoms with Gasteiger partial charge in [0.1, 0.15) is 12.7 Å². The highest BCUT2D eigenvalue weighted by Crippen LogP contribution is 2.27. The van der Waals surface area contributed by atoms with Crippen LogP contribution < -0.4 is 5.32 Å². The summed E-state index contributed by atoms with van der Waals surface area (Å²) in [7, 11) is 0. The molecule has 5 nitrogen and oxygen atoms in total. The van der Waals surface area contributed by atoms with Crippen molar-refractivity contribution in [2.75, 3.05) is 6.61 Å². The summed E-state index contributed by atoms with van der Waals surface area (Å²) in [4.78, 5) is 23.3. The summed E-state index contributed by atoms with van der Waals surface area (Å²) in [5, 5.41) is 12.0. The molecular formula is C21H23NO4. The number of carbonyl (C=O) groups excluding carboxylic acids is 1. The molecule has 2 aromatic carbocycles. The van der Waals surface area contributed by atoms with Gasteiger partial charge in [-0.1, -0.05) is 60.7 Å². The number of benzene rings is 2. The third kappa shape index (κ3) is 4.70. The Morgan fingerprint density at radius 1 is 1.00 bits per heavy atom. The fraction of sp³-hybridized carbons (Fsp3) is 0.333. The molecule has 0 heterocycles. The Hall–Kier alpha value is -2.66. The van der Waals surface area contributed by atoms with Gasteiger partial charge in [0.25, 0.3) is 0 Å². The van der Waals surface area contributed by atoms with Crippen LogP contribution in [-0.4, -0.2) is 29.6 Å². The van der Waals surface area contributed by atoms with E-state index in [0.717, 1.165) is 11.1 Å². The fourth-order valence-electron chi connectivity index (χ4n) is 3.41. The second kappa shape index (κ2) is 8.63. The van der Waals surface area contributed by atoms with Gasteiger partial charge in [0.05, 0.1) is 5.92 Å². The Balaban J connectivity index is 1.60. The van der Waals surface area contributed by atoms with E-state index < -0.39 is 5.97 Å². The van der Waals surface area contributed by atoms with Crippen LogP contribution in [0.2, 0.25) is 0 Å². The van der Waals surface area contributed by atoms with E-state index in [4.69, 9.17) is 9.84 Å². The van der Waals surface area contributed by atoms with E-state index in [1.54, 1.807) is 0 Å². The lowest BCUT2D eigenvalue weighted by atomic mass is 10.0. The number of amides is 1. The van der Waals surface area contributed by atoms with Crippen LogP contribution in [0.15, 0.2) is 60.7 Å². The Labute approximate surface area is 153 Å². The van der Waals surface area contributed by atoms with Gasteiger partial charge in [-0.2, -0.15) is 0 Å². The van der Waals surface area contributed by atoms with E-state index in [9.17, 15) is 9.59 Å². The second-order valence-electron chi connectivity index (χ2n) is 6.63. The van der Waals surface area contributed by atoms with Crippen molar-refractivity contribution in [1.29, 1.82) is 0 Å². The molecule has 0 bridgehead atoms. The van der Waals surface area contributed by atoms with E-state index in [2.05, 4.69) is 5.32 Å². The highest BCUT2D eigenvalue weighted by molar-refractivity contribution is 5.78. The molecule has 0 aliphatic heterocycles. The number of hydrogen-bond acceptors (Lipinski definition) is 3. The number of aliphatic carboxylic acids is 1. The van der Waals surface area contributed by atoms with Crippen molar-refractivity contribution in [1.82, 2.24) is 5.32 Å². The monoisotopic (exact) mass is 353 g/mol. The largest absolute Gasteiger partial charge is 0.481 e. The highest BCUT2D eigenvalue weighted by Gasteiger charge is 2.30. The van der Waals surface area contributed by atoms with Gasteiger partial charge < -0.3 is 15.2 Å². The quantitative estimate of drug-likeness (QED) is 0.802. The molecule has 5 heteroatoms. The normalized spacial score (nSPS) is 19.4. The van der Waals surface area contributed by atoms with Gasteiger partial charge in [-0.3, -0.25) is 9.59 Å². The van der Waals surface area contributed by atoms with Crippen LogP contribution in [0, 0.1) is 5.92 Å². The Bertz CT molecular complexity index is 693. The molecule has 0 unspecified atom stereocenters. The average molecular weight is 353 g/mol. The van der Waals surface area contributed by atoms with Crippen LogP contribution in [0.4, 0.5) is 0 Å². The Morgan fingerprint density at radius 2 is 1.58 bits per heavy atom. The van der Waals surface area contributed by atoms with Crippen LogP contribution in [0.1, 0.15) is 36.5 Å². The van der Waals surface area contributed by atoms with E-state index in [1.807, 2.05) is 60.7 Å². The molecule has 0 radical (unpaired) electrons. The summed E-state index contributed by atoms with van der Waals surface area (Å²) < 4.78 is 5.93. The molecule has 0 aromatic heterocycles. The predicted octanol–water partition coefficient (Wildman–Crippen LogP) is 3.16. The van der Waals surface area contributed by atoms with Crippen LogP contribution in [0.3, 0.4) is 0 Å². The molecule has 136 valence electrons. The standard InChI is InChI=1S/C21H23NO4/c23-19(22-18-12-11-17(13-18)21(24)25)14-26-20(15-7-3-1-4-8-15)16-9-5-2-6-10-16/h1-10,17-18,20H,11-14H2,(H,22,23)(H,24,25)/t17-,18+/m0/s1. The van der Waals surface area contributed by atoms with Gasteiger partial charge in [0.2, 0.25) is 5.91 Å². The summed E-state index contributed by atoms with van der Waals surface area (Å²) in [5.74, 6) is -1.35. The molecule has 1 saturated carbocycles. The Morgan fingerprint density at radius 3 is 2.08 bits per heavy atom.